The normalized spacial score (nSPS) is 29.1. The van der Waals surface area contributed by atoms with Gasteiger partial charge in [0.25, 0.3) is 0 Å². The Morgan fingerprint density at radius 3 is 2.07 bits per heavy atom. The van der Waals surface area contributed by atoms with Crippen LogP contribution in [0, 0.1) is 0 Å². The van der Waals surface area contributed by atoms with E-state index in [0.29, 0.717) is 6.08 Å². The molecule has 0 radical (unpaired) electrons. The molecule has 1 aliphatic carbocycles. The lowest BCUT2D eigenvalue weighted by molar-refractivity contribution is -0.132. The molecule has 0 fully saturated rings. The number of hydrogen-bond donors (Lipinski definition) is 0. The maximum absolute atomic E-state index is 12.2. The van der Waals surface area contributed by atoms with E-state index in [1.165, 1.54) is 0 Å². The number of carbonyl (C=O) groups is 2. The minimum absolute atomic E-state index is 0.333. The summed E-state index contributed by atoms with van der Waals surface area (Å²) in [6.45, 7) is 0. The molecule has 0 aliphatic heterocycles. The van der Waals surface area contributed by atoms with Gasteiger partial charge in [-0.2, -0.15) is 13.2 Å². The van der Waals surface area contributed by atoms with E-state index in [9.17, 15) is 22.8 Å². The van der Waals surface area contributed by atoms with E-state index in [1.54, 1.807) is 0 Å². The lowest BCUT2D eigenvalue weighted by Gasteiger charge is -2.21. The van der Waals surface area contributed by atoms with Gasteiger partial charge in [0, 0.05) is 0 Å². The minimum Gasteiger partial charge on any atom is -0.294 e. The monoisotopic (exact) mass is 334 g/mol. The van der Waals surface area contributed by atoms with Crippen LogP contribution in [0.25, 0.3) is 0 Å². The van der Waals surface area contributed by atoms with Crippen LogP contribution in [0.1, 0.15) is 0 Å². The molecule has 0 amide bonds. The van der Waals surface area contributed by atoms with E-state index < -0.39 is 33.0 Å². The first-order chi connectivity index (χ1) is 6.25. The molecule has 7 heteroatoms. The Balaban J connectivity index is 3.15. The van der Waals surface area contributed by atoms with Gasteiger partial charge in [0.05, 0.1) is 9.65 Å². The number of allylic oxidation sites excluding steroid dienone is 2. The summed E-state index contributed by atoms with van der Waals surface area (Å²) in [6.07, 6.45) is -4.44. The molecular formula is C7H3Br2F3O2. The van der Waals surface area contributed by atoms with Gasteiger partial charge in [-0.15, -0.1) is 0 Å². The molecule has 0 unspecified atom stereocenters. The third kappa shape index (κ3) is 2.08. The standard InChI is InChI=1S/C7H3Br2F3O2/c8-4-3(13)1-2(7(10,11)12)6(14)5(4)9/h1,4-5H/t4-,5+/m0/s1. The number of rotatable bonds is 0. The fraction of sp³-hybridized carbons (Fsp3) is 0.429. The maximum atomic E-state index is 12.2. The van der Waals surface area contributed by atoms with Crippen LogP contribution in [0.4, 0.5) is 13.2 Å². The first-order valence-electron chi connectivity index (χ1n) is 3.40. The van der Waals surface area contributed by atoms with Crippen LogP contribution in [0.5, 0.6) is 0 Å². The fourth-order valence-corrected chi connectivity index (χ4v) is 1.82. The van der Waals surface area contributed by atoms with Crippen molar-refractivity contribution in [2.75, 3.05) is 0 Å². The summed E-state index contributed by atoms with van der Waals surface area (Å²) in [6, 6.07) is 0. The summed E-state index contributed by atoms with van der Waals surface area (Å²) in [5.41, 5.74) is -1.40. The van der Waals surface area contributed by atoms with Crippen LogP contribution in [-0.2, 0) is 9.59 Å². The fourth-order valence-electron chi connectivity index (χ4n) is 0.940. The summed E-state index contributed by atoms with van der Waals surface area (Å²) in [4.78, 5) is 20.0. The number of halogens is 5. The molecule has 0 saturated heterocycles. The van der Waals surface area contributed by atoms with Crippen LogP contribution in [0.15, 0.2) is 11.6 Å². The predicted octanol–water partition coefficient (Wildman–Crippen LogP) is 2.15. The second kappa shape index (κ2) is 3.77. The highest BCUT2D eigenvalue weighted by Crippen LogP contribution is 2.34. The zero-order chi connectivity index (χ0) is 11.1. The minimum atomic E-state index is -4.77. The van der Waals surface area contributed by atoms with Gasteiger partial charge < -0.3 is 0 Å². The Hall–Kier alpha value is -0.170. The quantitative estimate of drug-likeness (QED) is 0.636. The van der Waals surface area contributed by atoms with Crippen LogP contribution < -0.4 is 0 Å². The second-order valence-electron chi connectivity index (χ2n) is 2.63. The van der Waals surface area contributed by atoms with E-state index in [-0.39, 0.29) is 0 Å². The van der Waals surface area contributed by atoms with Gasteiger partial charge in [0.1, 0.15) is 5.57 Å². The van der Waals surface area contributed by atoms with Crippen molar-refractivity contribution >= 4 is 43.4 Å². The molecule has 0 bridgehead atoms. The lowest BCUT2D eigenvalue weighted by atomic mass is 9.96. The molecule has 1 aliphatic rings. The Morgan fingerprint density at radius 2 is 1.64 bits per heavy atom. The van der Waals surface area contributed by atoms with Crippen molar-refractivity contribution in [2.45, 2.75) is 15.8 Å². The van der Waals surface area contributed by atoms with Gasteiger partial charge in [-0.1, -0.05) is 31.9 Å². The molecule has 0 N–H and O–H groups in total. The molecule has 0 aromatic rings. The summed E-state index contributed by atoms with van der Waals surface area (Å²) >= 11 is 5.56. The second-order valence-corrected chi connectivity index (χ2v) is 4.60. The third-order valence-corrected chi connectivity index (χ3v) is 4.27. The van der Waals surface area contributed by atoms with Gasteiger partial charge in [0.15, 0.2) is 11.6 Å². The topological polar surface area (TPSA) is 34.1 Å². The zero-order valence-electron chi connectivity index (χ0n) is 6.44. The first kappa shape index (κ1) is 11.9. The largest absolute Gasteiger partial charge is 0.419 e. The molecule has 0 spiro atoms. The van der Waals surface area contributed by atoms with Gasteiger partial charge in [-0.05, 0) is 6.08 Å². The van der Waals surface area contributed by atoms with Gasteiger partial charge in [0.2, 0.25) is 0 Å². The van der Waals surface area contributed by atoms with E-state index in [0.717, 1.165) is 0 Å². The molecule has 78 valence electrons. The SMILES string of the molecule is O=C1C=C(C(F)(F)F)C(=O)[C@H](Br)[C@H]1Br. The molecule has 0 saturated carbocycles. The average Bonchev–Trinajstić information content (AvgIpc) is 2.06. The van der Waals surface area contributed by atoms with Crippen LogP contribution in [0.2, 0.25) is 0 Å². The highest BCUT2D eigenvalue weighted by Gasteiger charge is 2.46. The van der Waals surface area contributed by atoms with Crippen molar-refractivity contribution in [1.29, 1.82) is 0 Å². The van der Waals surface area contributed by atoms with E-state index in [2.05, 4.69) is 31.9 Å². The molecule has 0 heterocycles. The van der Waals surface area contributed by atoms with E-state index in [1.807, 2.05) is 0 Å². The average molecular weight is 336 g/mol. The zero-order valence-corrected chi connectivity index (χ0v) is 9.61. The van der Waals surface area contributed by atoms with Crippen molar-refractivity contribution in [3.8, 4) is 0 Å². The third-order valence-electron chi connectivity index (χ3n) is 1.64. The van der Waals surface area contributed by atoms with E-state index >= 15 is 0 Å². The van der Waals surface area contributed by atoms with Gasteiger partial charge in [-0.25, -0.2) is 0 Å². The smallest absolute Gasteiger partial charge is 0.294 e. The number of Topliss-reactive ketones (excluding diaryl/α,β-unsaturated/α-hetero) is 1. The number of alkyl halides is 5. The molecular weight excluding hydrogens is 333 g/mol. The molecule has 0 aromatic carbocycles. The number of carbonyl (C=O) groups excluding carboxylic acids is 2. The maximum Gasteiger partial charge on any atom is 0.419 e. The summed E-state index contributed by atoms with van der Waals surface area (Å²) in [7, 11) is 0. The molecule has 2 atom stereocenters. The summed E-state index contributed by atoms with van der Waals surface area (Å²) in [5.74, 6) is -1.89. The Morgan fingerprint density at radius 1 is 1.14 bits per heavy atom. The molecule has 2 nitrogen and oxygen atoms in total. The van der Waals surface area contributed by atoms with Crippen molar-refractivity contribution in [2.24, 2.45) is 0 Å². The first-order valence-corrected chi connectivity index (χ1v) is 5.23. The van der Waals surface area contributed by atoms with Crippen molar-refractivity contribution in [1.82, 2.24) is 0 Å². The highest BCUT2D eigenvalue weighted by molar-refractivity contribution is 9.12. The summed E-state index contributed by atoms with van der Waals surface area (Å²) in [5, 5.41) is 0. The Bertz CT molecular complexity index is 321. The highest BCUT2D eigenvalue weighted by atomic mass is 79.9. The number of hydrogen-bond acceptors (Lipinski definition) is 2. The van der Waals surface area contributed by atoms with Crippen molar-refractivity contribution in [3.63, 3.8) is 0 Å². The number of ketones is 2. The van der Waals surface area contributed by atoms with E-state index in [4.69, 9.17) is 0 Å². The molecule has 14 heavy (non-hydrogen) atoms. The van der Waals surface area contributed by atoms with Crippen LogP contribution >= 0.6 is 31.9 Å². The molecule has 1 rings (SSSR count). The van der Waals surface area contributed by atoms with Crippen molar-refractivity contribution in [3.05, 3.63) is 11.6 Å². The predicted molar refractivity (Wildman–Crippen MR) is 49.6 cm³/mol. The Labute approximate surface area is 93.8 Å². The summed E-state index contributed by atoms with van der Waals surface area (Å²) < 4.78 is 36.6. The van der Waals surface area contributed by atoms with Crippen LogP contribution in [0.3, 0.4) is 0 Å². The van der Waals surface area contributed by atoms with Gasteiger partial charge in [-0.3, -0.25) is 9.59 Å². The van der Waals surface area contributed by atoms with Crippen molar-refractivity contribution < 1.29 is 22.8 Å². The van der Waals surface area contributed by atoms with Crippen LogP contribution in [-0.4, -0.2) is 27.4 Å². The van der Waals surface area contributed by atoms with Gasteiger partial charge >= 0.3 is 6.18 Å². The Kier molecular flexibility index (Phi) is 3.20. The lowest BCUT2D eigenvalue weighted by Crippen LogP contribution is -2.40. The molecule has 0 aromatic heterocycles.